The maximum Gasteiger partial charge on any atom is 0.00110 e. The van der Waals surface area contributed by atoms with Crippen LogP contribution in [0.5, 0.6) is 0 Å². The molecule has 17 heavy (non-hydrogen) atoms. The third-order valence-electron chi connectivity index (χ3n) is 6.91. The van der Waals surface area contributed by atoms with Crippen molar-refractivity contribution in [1.29, 1.82) is 0 Å². The molecule has 96 valence electrons. The van der Waals surface area contributed by atoms with E-state index in [0.29, 0.717) is 5.41 Å². The maximum absolute atomic E-state index is 3.67. The van der Waals surface area contributed by atoms with Crippen molar-refractivity contribution < 1.29 is 0 Å². The van der Waals surface area contributed by atoms with Crippen LogP contribution in [0.2, 0.25) is 0 Å². The van der Waals surface area contributed by atoms with Crippen LogP contribution in [0.1, 0.15) is 51.9 Å². The highest BCUT2D eigenvalue weighted by molar-refractivity contribution is 5.06. The van der Waals surface area contributed by atoms with Gasteiger partial charge in [0.05, 0.1) is 0 Å². The van der Waals surface area contributed by atoms with Gasteiger partial charge in [0, 0.05) is 6.54 Å². The Morgan fingerprint density at radius 3 is 2.12 bits per heavy atom. The van der Waals surface area contributed by atoms with Gasteiger partial charge in [-0.2, -0.15) is 0 Å². The molecule has 1 heterocycles. The van der Waals surface area contributed by atoms with Gasteiger partial charge in [0.1, 0.15) is 0 Å². The summed E-state index contributed by atoms with van der Waals surface area (Å²) in [6.45, 7) is 5.07. The lowest BCUT2D eigenvalue weighted by atomic mass is 9.46. The first-order valence-electron chi connectivity index (χ1n) is 8.01. The van der Waals surface area contributed by atoms with Crippen LogP contribution in [0.4, 0.5) is 0 Å². The molecule has 1 atom stereocenters. The second-order valence-electron chi connectivity index (χ2n) is 7.60. The fourth-order valence-electron chi connectivity index (χ4n) is 6.51. The Bertz CT molecular complexity index is 275. The van der Waals surface area contributed by atoms with Gasteiger partial charge in [-0.25, -0.2) is 0 Å². The quantitative estimate of drug-likeness (QED) is 0.770. The van der Waals surface area contributed by atoms with Gasteiger partial charge in [-0.05, 0) is 86.5 Å². The molecule has 1 aliphatic heterocycles. The molecule has 5 rings (SSSR count). The van der Waals surface area contributed by atoms with Crippen LogP contribution in [0.15, 0.2) is 0 Å². The second-order valence-corrected chi connectivity index (χ2v) is 7.60. The molecule has 0 aromatic heterocycles. The summed E-state index contributed by atoms with van der Waals surface area (Å²) in [6.07, 6.45) is 10.9. The Kier molecular flexibility index (Phi) is 2.38. The predicted octanol–water partition coefficient (Wildman–Crippen LogP) is 3.45. The first-order valence-corrected chi connectivity index (χ1v) is 8.01. The molecular formula is C16H27N. The minimum Gasteiger partial charge on any atom is -0.316 e. The first kappa shape index (κ1) is 10.8. The van der Waals surface area contributed by atoms with E-state index >= 15 is 0 Å². The van der Waals surface area contributed by atoms with Crippen LogP contribution in [0.3, 0.4) is 0 Å². The highest BCUT2D eigenvalue weighted by atomic mass is 14.9. The summed E-state index contributed by atoms with van der Waals surface area (Å²) in [5.41, 5.74) is 0.697. The van der Waals surface area contributed by atoms with Gasteiger partial charge < -0.3 is 5.32 Å². The predicted molar refractivity (Wildman–Crippen MR) is 70.7 cm³/mol. The lowest BCUT2D eigenvalue weighted by Crippen LogP contribution is -2.52. The van der Waals surface area contributed by atoms with E-state index in [1.54, 1.807) is 32.1 Å². The van der Waals surface area contributed by atoms with Crippen LogP contribution in [-0.4, -0.2) is 13.1 Å². The zero-order valence-corrected chi connectivity index (χ0v) is 11.3. The van der Waals surface area contributed by atoms with E-state index in [-0.39, 0.29) is 0 Å². The highest BCUT2D eigenvalue weighted by Crippen LogP contribution is 2.62. The van der Waals surface area contributed by atoms with Crippen molar-refractivity contribution in [2.24, 2.45) is 35.0 Å². The summed E-state index contributed by atoms with van der Waals surface area (Å²) in [5.74, 6) is 5.60. The van der Waals surface area contributed by atoms with E-state index < -0.39 is 0 Å². The van der Waals surface area contributed by atoms with Gasteiger partial charge in [-0.15, -0.1) is 0 Å². The first-order chi connectivity index (χ1) is 8.31. The molecule has 5 aliphatic rings. The molecule has 1 nitrogen and oxygen atoms in total. The molecule has 1 heteroatoms. The molecular weight excluding hydrogens is 206 g/mol. The van der Waals surface area contributed by atoms with Gasteiger partial charge in [0.25, 0.3) is 0 Å². The zero-order chi connectivity index (χ0) is 11.5. The van der Waals surface area contributed by atoms with Crippen molar-refractivity contribution in [3.05, 3.63) is 0 Å². The normalized spacial score (nSPS) is 56.6. The summed E-state index contributed by atoms with van der Waals surface area (Å²) in [6, 6.07) is 0. The van der Waals surface area contributed by atoms with E-state index in [9.17, 15) is 0 Å². The molecule has 0 aromatic rings. The van der Waals surface area contributed by atoms with E-state index in [2.05, 4.69) is 12.2 Å². The summed E-state index contributed by atoms with van der Waals surface area (Å²) in [4.78, 5) is 0. The molecule has 0 spiro atoms. The highest BCUT2D eigenvalue weighted by Gasteiger charge is 2.55. The van der Waals surface area contributed by atoms with Crippen LogP contribution in [-0.2, 0) is 0 Å². The third kappa shape index (κ3) is 1.47. The van der Waals surface area contributed by atoms with Crippen molar-refractivity contribution in [2.45, 2.75) is 51.9 Å². The fraction of sp³-hybridized carbons (Fsp3) is 1.00. The lowest BCUT2D eigenvalue weighted by Gasteiger charge is -2.59. The molecule has 1 saturated heterocycles. The summed E-state index contributed by atoms with van der Waals surface area (Å²) < 4.78 is 0. The molecule has 0 aromatic carbocycles. The van der Waals surface area contributed by atoms with E-state index in [1.807, 2.05) is 0 Å². The monoisotopic (exact) mass is 233 g/mol. The largest absolute Gasteiger partial charge is 0.316 e. The Balaban J connectivity index is 1.65. The lowest BCUT2D eigenvalue weighted by molar-refractivity contribution is -0.0926. The molecule has 4 saturated carbocycles. The van der Waals surface area contributed by atoms with Crippen LogP contribution >= 0.6 is 0 Å². The third-order valence-corrected chi connectivity index (χ3v) is 6.91. The van der Waals surface area contributed by atoms with Gasteiger partial charge >= 0.3 is 0 Å². The Labute approximate surface area is 106 Å². The number of hydrogen-bond acceptors (Lipinski definition) is 1. The molecule has 1 unspecified atom stereocenters. The average Bonchev–Trinajstić information content (AvgIpc) is 2.77. The summed E-state index contributed by atoms with van der Waals surface area (Å²) >= 11 is 0. The van der Waals surface area contributed by atoms with Gasteiger partial charge in [0.15, 0.2) is 0 Å². The van der Waals surface area contributed by atoms with Crippen molar-refractivity contribution >= 4 is 0 Å². The van der Waals surface area contributed by atoms with Crippen molar-refractivity contribution in [3.8, 4) is 0 Å². The van der Waals surface area contributed by atoms with Crippen LogP contribution in [0, 0.1) is 35.0 Å². The van der Waals surface area contributed by atoms with Gasteiger partial charge in [-0.3, -0.25) is 0 Å². The zero-order valence-electron chi connectivity index (χ0n) is 11.3. The van der Waals surface area contributed by atoms with Gasteiger partial charge in [0.2, 0.25) is 0 Å². The average molecular weight is 233 g/mol. The molecule has 0 amide bonds. The van der Waals surface area contributed by atoms with Crippen LogP contribution in [0.25, 0.3) is 0 Å². The topological polar surface area (TPSA) is 12.0 Å². The summed E-state index contributed by atoms with van der Waals surface area (Å²) in [7, 11) is 0. The number of nitrogens with one attached hydrogen (secondary N) is 1. The number of hydrogen-bond donors (Lipinski definition) is 1. The Hall–Kier alpha value is -0.0400. The number of rotatable bonds is 2. The minimum absolute atomic E-state index is 0.697. The summed E-state index contributed by atoms with van der Waals surface area (Å²) in [5, 5.41) is 3.67. The smallest absolute Gasteiger partial charge is 0.00110 e. The van der Waals surface area contributed by atoms with E-state index in [4.69, 9.17) is 0 Å². The molecule has 5 fully saturated rings. The standard InChI is InChI=1S/C16H27N/c1-2-16(3-4-17-10-16)15-13-6-11-5-12(8-13)9-14(15)7-11/h11-15,17H,2-10H2,1H3. The fourth-order valence-corrected chi connectivity index (χ4v) is 6.51. The van der Waals surface area contributed by atoms with Crippen molar-refractivity contribution in [1.82, 2.24) is 5.32 Å². The Morgan fingerprint density at radius 1 is 1.00 bits per heavy atom. The Morgan fingerprint density at radius 2 is 1.65 bits per heavy atom. The van der Waals surface area contributed by atoms with Gasteiger partial charge in [-0.1, -0.05) is 6.92 Å². The van der Waals surface area contributed by atoms with E-state index in [0.717, 1.165) is 29.6 Å². The molecule has 1 N–H and O–H groups in total. The SMILES string of the molecule is CCC1(C2C3CC4CC(C3)CC2C4)CCNC1. The van der Waals surface area contributed by atoms with E-state index in [1.165, 1.54) is 25.9 Å². The molecule has 0 radical (unpaired) electrons. The van der Waals surface area contributed by atoms with Crippen LogP contribution < -0.4 is 5.32 Å². The molecule has 4 aliphatic carbocycles. The molecule has 4 bridgehead atoms. The minimum atomic E-state index is 0.697. The second kappa shape index (κ2) is 3.73. The van der Waals surface area contributed by atoms with Crippen molar-refractivity contribution in [3.63, 3.8) is 0 Å². The van der Waals surface area contributed by atoms with Crippen molar-refractivity contribution in [2.75, 3.05) is 13.1 Å². The maximum atomic E-state index is 3.67.